The molecule has 0 saturated carbocycles. The van der Waals surface area contributed by atoms with Gasteiger partial charge in [0.15, 0.2) is 0 Å². The molecule has 0 bridgehead atoms. The fourth-order valence-corrected chi connectivity index (χ4v) is 2.84. The maximum Gasteiger partial charge on any atom is 0.401 e. The van der Waals surface area contributed by atoms with Gasteiger partial charge < -0.3 is 4.90 Å². The first kappa shape index (κ1) is 17.2. The second-order valence-corrected chi connectivity index (χ2v) is 6.12. The van der Waals surface area contributed by atoms with E-state index in [2.05, 4.69) is 15.9 Å². The van der Waals surface area contributed by atoms with E-state index in [-0.39, 0.29) is 32.1 Å². The summed E-state index contributed by atoms with van der Waals surface area (Å²) in [4.78, 5) is 15.2. The summed E-state index contributed by atoms with van der Waals surface area (Å²) in [5.41, 5.74) is 0.672. The van der Waals surface area contributed by atoms with Gasteiger partial charge in [-0.2, -0.15) is 13.2 Å². The molecular formula is C14H15BrF4N2O. The molecule has 1 aromatic carbocycles. The Balaban J connectivity index is 2.03. The molecule has 1 heterocycles. The summed E-state index contributed by atoms with van der Waals surface area (Å²) >= 11 is 3.15. The van der Waals surface area contributed by atoms with E-state index in [4.69, 9.17) is 0 Å². The van der Waals surface area contributed by atoms with Gasteiger partial charge in [0.05, 0.1) is 12.1 Å². The van der Waals surface area contributed by atoms with Crippen LogP contribution in [-0.2, 0) is 0 Å². The quantitative estimate of drug-likeness (QED) is 0.733. The van der Waals surface area contributed by atoms with Crippen molar-refractivity contribution in [2.24, 2.45) is 0 Å². The molecule has 0 radical (unpaired) electrons. The number of amides is 1. The number of hydrogen-bond donors (Lipinski definition) is 0. The molecule has 22 heavy (non-hydrogen) atoms. The summed E-state index contributed by atoms with van der Waals surface area (Å²) in [6.45, 7) is 1.37. The highest BCUT2D eigenvalue weighted by atomic mass is 79.9. The van der Waals surface area contributed by atoms with E-state index in [0.29, 0.717) is 15.6 Å². The highest BCUT2D eigenvalue weighted by molar-refractivity contribution is 9.10. The molecule has 122 valence electrons. The third kappa shape index (κ3) is 4.19. The van der Waals surface area contributed by atoms with Gasteiger partial charge in [0.25, 0.3) is 5.91 Å². The first-order valence-corrected chi connectivity index (χ1v) is 7.51. The van der Waals surface area contributed by atoms with Crippen molar-refractivity contribution in [3.8, 4) is 0 Å². The number of carbonyl (C=O) groups excluding carboxylic acids is 1. The van der Waals surface area contributed by atoms with Gasteiger partial charge in [-0.05, 0) is 40.5 Å². The first-order valence-electron chi connectivity index (χ1n) is 6.71. The molecule has 2 rings (SSSR count). The summed E-state index contributed by atoms with van der Waals surface area (Å²) in [5, 5.41) is 0. The number of halogens is 5. The molecule has 0 atom stereocenters. The van der Waals surface area contributed by atoms with E-state index in [1.807, 2.05) is 0 Å². The normalized spacial score (nSPS) is 16.9. The van der Waals surface area contributed by atoms with Gasteiger partial charge in [-0.1, -0.05) is 0 Å². The van der Waals surface area contributed by atoms with Crippen molar-refractivity contribution in [1.82, 2.24) is 9.80 Å². The SMILES string of the molecule is Cc1cc(C(=O)N2CCN(CC(F)(F)F)CC2)c(Br)cc1F. The Morgan fingerprint density at radius 2 is 1.82 bits per heavy atom. The fraction of sp³-hybridized carbons (Fsp3) is 0.500. The summed E-state index contributed by atoms with van der Waals surface area (Å²) < 4.78 is 50.7. The molecule has 1 saturated heterocycles. The third-order valence-corrected chi connectivity index (χ3v) is 4.20. The largest absolute Gasteiger partial charge is 0.401 e. The van der Waals surface area contributed by atoms with E-state index in [9.17, 15) is 22.4 Å². The molecule has 1 amide bonds. The number of carbonyl (C=O) groups is 1. The molecule has 0 N–H and O–H groups in total. The van der Waals surface area contributed by atoms with Crippen LogP contribution >= 0.6 is 15.9 Å². The Kier molecular flexibility index (Phi) is 5.11. The molecule has 8 heteroatoms. The van der Waals surface area contributed by atoms with E-state index in [1.165, 1.54) is 21.9 Å². The Morgan fingerprint density at radius 3 is 2.36 bits per heavy atom. The standard InChI is InChI=1S/C14H15BrF4N2O/c1-9-6-10(11(15)7-12(9)16)13(22)21-4-2-20(3-5-21)8-14(17,18)19/h6-7H,2-5,8H2,1H3. The smallest absolute Gasteiger partial charge is 0.336 e. The van der Waals surface area contributed by atoms with Crippen LogP contribution in [-0.4, -0.2) is 54.6 Å². The second kappa shape index (κ2) is 6.54. The van der Waals surface area contributed by atoms with E-state index in [0.717, 1.165) is 0 Å². The minimum atomic E-state index is -4.23. The number of nitrogens with zero attached hydrogens (tertiary/aromatic N) is 2. The van der Waals surface area contributed by atoms with Crippen LogP contribution in [0, 0.1) is 12.7 Å². The number of rotatable bonds is 2. The van der Waals surface area contributed by atoms with Gasteiger partial charge in [0.2, 0.25) is 0 Å². The van der Waals surface area contributed by atoms with Gasteiger partial charge in [-0.3, -0.25) is 9.69 Å². The molecule has 1 fully saturated rings. The van der Waals surface area contributed by atoms with Gasteiger partial charge in [0, 0.05) is 30.7 Å². The van der Waals surface area contributed by atoms with Crippen molar-refractivity contribution in [3.63, 3.8) is 0 Å². The van der Waals surface area contributed by atoms with Gasteiger partial charge in [-0.15, -0.1) is 0 Å². The summed E-state index contributed by atoms with van der Waals surface area (Å²) in [7, 11) is 0. The van der Waals surface area contributed by atoms with Crippen molar-refractivity contribution < 1.29 is 22.4 Å². The number of hydrogen-bond acceptors (Lipinski definition) is 2. The predicted octanol–water partition coefficient (Wildman–Crippen LogP) is 3.22. The maximum absolute atomic E-state index is 13.4. The molecule has 1 aliphatic rings. The molecule has 1 aromatic rings. The number of piperazine rings is 1. The lowest BCUT2D eigenvalue weighted by atomic mass is 10.1. The van der Waals surface area contributed by atoms with E-state index >= 15 is 0 Å². The van der Waals surface area contributed by atoms with Crippen molar-refractivity contribution >= 4 is 21.8 Å². The lowest BCUT2D eigenvalue weighted by molar-refractivity contribution is -0.148. The summed E-state index contributed by atoms with van der Waals surface area (Å²) in [5.74, 6) is -0.722. The van der Waals surface area contributed by atoms with Crippen molar-refractivity contribution in [2.75, 3.05) is 32.7 Å². The van der Waals surface area contributed by atoms with Crippen molar-refractivity contribution in [1.29, 1.82) is 0 Å². The zero-order chi connectivity index (χ0) is 16.5. The van der Waals surface area contributed by atoms with E-state index < -0.39 is 18.5 Å². The monoisotopic (exact) mass is 382 g/mol. The van der Waals surface area contributed by atoms with Crippen LogP contribution in [0.15, 0.2) is 16.6 Å². The minimum Gasteiger partial charge on any atom is -0.336 e. The Hall–Kier alpha value is -1.15. The van der Waals surface area contributed by atoms with Crippen LogP contribution in [0.5, 0.6) is 0 Å². The number of alkyl halides is 3. The van der Waals surface area contributed by atoms with Crippen LogP contribution in [0.1, 0.15) is 15.9 Å². The van der Waals surface area contributed by atoms with Crippen LogP contribution in [0.3, 0.4) is 0 Å². The summed E-state index contributed by atoms with van der Waals surface area (Å²) in [6.07, 6.45) is -4.23. The molecule has 0 spiro atoms. The zero-order valence-electron chi connectivity index (χ0n) is 11.9. The lowest BCUT2D eigenvalue weighted by Crippen LogP contribution is -2.51. The summed E-state index contributed by atoms with van der Waals surface area (Å²) in [6, 6.07) is 2.67. The molecule has 0 aliphatic carbocycles. The van der Waals surface area contributed by atoms with Crippen LogP contribution in [0.4, 0.5) is 17.6 Å². The Morgan fingerprint density at radius 1 is 1.23 bits per heavy atom. The minimum absolute atomic E-state index is 0.170. The van der Waals surface area contributed by atoms with Gasteiger partial charge in [-0.25, -0.2) is 4.39 Å². The second-order valence-electron chi connectivity index (χ2n) is 5.26. The zero-order valence-corrected chi connectivity index (χ0v) is 13.5. The van der Waals surface area contributed by atoms with Crippen LogP contribution in [0.2, 0.25) is 0 Å². The highest BCUT2D eigenvalue weighted by Gasteiger charge is 2.33. The fourth-order valence-electron chi connectivity index (χ4n) is 2.35. The Labute approximate surface area is 134 Å². The highest BCUT2D eigenvalue weighted by Crippen LogP contribution is 2.23. The van der Waals surface area contributed by atoms with E-state index in [1.54, 1.807) is 6.92 Å². The van der Waals surface area contributed by atoms with Gasteiger partial charge >= 0.3 is 6.18 Å². The maximum atomic E-state index is 13.4. The molecule has 1 aliphatic heterocycles. The Bertz CT molecular complexity index is 569. The lowest BCUT2D eigenvalue weighted by Gasteiger charge is -2.35. The molecule has 3 nitrogen and oxygen atoms in total. The molecule has 0 unspecified atom stereocenters. The third-order valence-electron chi connectivity index (χ3n) is 3.54. The van der Waals surface area contributed by atoms with Gasteiger partial charge in [0.1, 0.15) is 5.82 Å². The van der Waals surface area contributed by atoms with Crippen molar-refractivity contribution in [2.45, 2.75) is 13.1 Å². The first-order chi connectivity index (χ1) is 10.2. The van der Waals surface area contributed by atoms with Crippen LogP contribution in [0.25, 0.3) is 0 Å². The number of aryl methyl sites for hydroxylation is 1. The van der Waals surface area contributed by atoms with Crippen LogP contribution < -0.4 is 0 Å². The molecule has 0 aromatic heterocycles. The van der Waals surface area contributed by atoms with Crippen molar-refractivity contribution in [3.05, 3.63) is 33.5 Å². The topological polar surface area (TPSA) is 23.6 Å². The predicted molar refractivity (Wildman–Crippen MR) is 77.2 cm³/mol. The average molecular weight is 383 g/mol. The molecular weight excluding hydrogens is 368 g/mol. The number of benzene rings is 1. The average Bonchev–Trinajstić information content (AvgIpc) is 2.41.